The van der Waals surface area contributed by atoms with Crippen LogP contribution in [0.4, 0.5) is 0 Å². The number of nitrogens with one attached hydrogen (secondary N) is 1. The summed E-state index contributed by atoms with van der Waals surface area (Å²) in [4.78, 5) is 13.1. The Bertz CT molecular complexity index is 1070. The predicted octanol–water partition coefficient (Wildman–Crippen LogP) is 10.2. The number of ether oxygens (including phenoxy) is 2. The minimum atomic E-state index is -1.62. The summed E-state index contributed by atoms with van der Waals surface area (Å²) in [6.07, 6.45) is 41.1. The maximum absolute atomic E-state index is 13.1. The van der Waals surface area contributed by atoms with Gasteiger partial charge in [-0.05, 0) is 38.5 Å². The monoisotopic (exact) mass is 866 g/mol. The molecule has 0 radical (unpaired) electrons. The second-order valence-corrected chi connectivity index (χ2v) is 17.7. The molecule has 0 aliphatic carbocycles. The molecular weight excluding hydrogens is 771 g/mol. The standard InChI is InChI=1S/C51H95NO9/c1-3-5-7-9-11-13-15-17-18-19-20-21-22-23-24-25-26-27-28-30-32-34-36-38-40-45(55)50(59)52-43(42-60-51-49(58)48(57)47(56)46(41-53)61-51)44(54)39-37-35-33-31-29-16-14-12-10-8-6-4-2/h10,12,29,31,37,39,43-49,51,53-58H,3-9,11,13-28,30,32-36,38,40-42H2,1-2H3,(H,52,59)/b12-10+,31-29+,39-37+. The molecule has 358 valence electrons. The molecule has 1 rings (SSSR count). The Morgan fingerprint density at radius 3 is 1.41 bits per heavy atom. The van der Waals surface area contributed by atoms with Crippen molar-refractivity contribution in [3.05, 3.63) is 36.5 Å². The van der Waals surface area contributed by atoms with Gasteiger partial charge in [0, 0.05) is 0 Å². The lowest BCUT2D eigenvalue weighted by Gasteiger charge is -2.40. The topological polar surface area (TPSA) is 169 Å². The van der Waals surface area contributed by atoms with Crippen LogP contribution < -0.4 is 5.32 Å². The fraction of sp³-hybridized carbons (Fsp3) is 0.863. The van der Waals surface area contributed by atoms with Crippen molar-refractivity contribution in [2.24, 2.45) is 0 Å². The highest BCUT2D eigenvalue weighted by Gasteiger charge is 2.44. The third kappa shape index (κ3) is 31.0. The van der Waals surface area contributed by atoms with Gasteiger partial charge in [-0.1, -0.05) is 217 Å². The van der Waals surface area contributed by atoms with Gasteiger partial charge in [-0.25, -0.2) is 0 Å². The number of amides is 1. The van der Waals surface area contributed by atoms with Gasteiger partial charge >= 0.3 is 0 Å². The quantitative estimate of drug-likeness (QED) is 0.0233. The highest BCUT2D eigenvalue weighted by molar-refractivity contribution is 5.80. The SMILES string of the molecule is CCCC/C=C/CC/C=C/CC/C=C/C(O)C(COC1OC(CO)C(O)C(O)C1O)NC(=O)C(O)CCCCCCCCCCCCCCCCCCCCCCCCCC. The molecule has 8 atom stereocenters. The minimum absolute atomic E-state index is 0.304. The van der Waals surface area contributed by atoms with Crippen LogP contribution in [0.3, 0.4) is 0 Å². The molecule has 1 amide bonds. The lowest BCUT2D eigenvalue weighted by Crippen LogP contribution is -2.60. The van der Waals surface area contributed by atoms with Crippen LogP contribution in [0, 0.1) is 0 Å². The summed E-state index contributed by atoms with van der Waals surface area (Å²) in [6, 6.07) is -1.000. The molecule has 1 fully saturated rings. The molecule has 10 heteroatoms. The van der Waals surface area contributed by atoms with Crippen LogP contribution in [-0.2, 0) is 14.3 Å². The largest absolute Gasteiger partial charge is 0.394 e. The Labute approximate surface area is 373 Å². The molecule has 7 N–H and O–H groups in total. The molecule has 0 spiro atoms. The van der Waals surface area contributed by atoms with Gasteiger partial charge in [0.25, 0.3) is 0 Å². The fourth-order valence-corrected chi connectivity index (χ4v) is 7.89. The van der Waals surface area contributed by atoms with Gasteiger partial charge in [-0.15, -0.1) is 0 Å². The Morgan fingerprint density at radius 2 is 0.967 bits per heavy atom. The maximum Gasteiger partial charge on any atom is 0.249 e. The summed E-state index contributed by atoms with van der Waals surface area (Å²) in [6.45, 7) is 3.54. The molecular formula is C51H95NO9. The van der Waals surface area contributed by atoms with Crippen LogP contribution in [0.15, 0.2) is 36.5 Å². The average Bonchev–Trinajstić information content (AvgIpc) is 3.26. The lowest BCUT2D eigenvalue weighted by atomic mass is 9.99. The first-order valence-electron chi connectivity index (χ1n) is 25.3. The number of hydrogen-bond acceptors (Lipinski definition) is 9. The smallest absolute Gasteiger partial charge is 0.249 e. The van der Waals surface area contributed by atoms with E-state index in [0.717, 1.165) is 44.9 Å². The van der Waals surface area contributed by atoms with E-state index in [-0.39, 0.29) is 6.61 Å². The number of aliphatic hydroxyl groups is 6. The van der Waals surface area contributed by atoms with E-state index >= 15 is 0 Å². The van der Waals surface area contributed by atoms with Crippen molar-refractivity contribution in [2.75, 3.05) is 13.2 Å². The lowest BCUT2D eigenvalue weighted by molar-refractivity contribution is -0.302. The van der Waals surface area contributed by atoms with Gasteiger partial charge in [-0.3, -0.25) is 4.79 Å². The van der Waals surface area contributed by atoms with E-state index < -0.39 is 61.5 Å². The number of unbranched alkanes of at least 4 members (excludes halogenated alkanes) is 27. The van der Waals surface area contributed by atoms with Crippen LogP contribution in [-0.4, -0.2) is 98.7 Å². The van der Waals surface area contributed by atoms with E-state index in [0.29, 0.717) is 19.3 Å². The summed E-state index contributed by atoms with van der Waals surface area (Å²) >= 11 is 0. The third-order valence-electron chi connectivity index (χ3n) is 12.1. The van der Waals surface area contributed by atoms with Crippen molar-refractivity contribution in [3.63, 3.8) is 0 Å². The van der Waals surface area contributed by atoms with Crippen molar-refractivity contribution in [1.29, 1.82) is 0 Å². The van der Waals surface area contributed by atoms with Gasteiger partial charge < -0.3 is 45.4 Å². The Balaban J connectivity index is 2.28. The van der Waals surface area contributed by atoms with Crippen molar-refractivity contribution in [3.8, 4) is 0 Å². The molecule has 0 saturated carbocycles. The van der Waals surface area contributed by atoms with Gasteiger partial charge in [0.1, 0.15) is 30.5 Å². The first-order valence-corrected chi connectivity index (χ1v) is 25.3. The Morgan fingerprint density at radius 1 is 0.557 bits per heavy atom. The number of allylic oxidation sites excluding steroid dienone is 5. The van der Waals surface area contributed by atoms with Crippen molar-refractivity contribution in [1.82, 2.24) is 5.32 Å². The second-order valence-electron chi connectivity index (χ2n) is 17.7. The third-order valence-corrected chi connectivity index (χ3v) is 12.1. The first-order chi connectivity index (χ1) is 29.8. The van der Waals surface area contributed by atoms with Crippen LogP contribution >= 0.6 is 0 Å². The molecule has 1 aliphatic heterocycles. The summed E-state index contributed by atoms with van der Waals surface area (Å²) in [7, 11) is 0. The second kappa shape index (κ2) is 41.1. The van der Waals surface area contributed by atoms with E-state index in [1.165, 1.54) is 141 Å². The predicted molar refractivity (Wildman–Crippen MR) is 250 cm³/mol. The molecule has 0 bridgehead atoms. The van der Waals surface area contributed by atoms with E-state index in [1.54, 1.807) is 6.08 Å². The maximum atomic E-state index is 13.1. The van der Waals surface area contributed by atoms with Crippen molar-refractivity contribution < 1.29 is 44.9 Å². The highest BCUT2D eigenvalue weighted by atomic mass is 16.7. The minimum Gasteiger partial charge on any atom is -0.394 e. The Hall–Kier alpha value is -1.63. The van der Waals surface area contributed by atoms with E-state index in [2.05, 4.69) is 43.5 Å². The van der Waals surface area contributed by atoms with Crippen molar-refractivity contribution >= 4 is 5.91 Å². The summed E-state index contributed by atoms with van der Waals surface area (Å²) in [5.41, 5.74) is 0. The molecule has 1 aliphatic rings. The van der Waals surface area contributed by atoms with Gasteiger partial charge in [-0.2, -0.15) is 0 Å². The molecule has 0 aromatic heterocycles. The normalized spacial score (nSPS) is 21.2. The molecule has 0 aromatic rings. The zero-order valence-corrected chi connectivity index (χ0v) is 39.0. The fourth-order valence-electron chi connectivity index (χ4n) is 7.89. The van der Waals surface area contributed by atoms with Gasteiger partial charge in [0.15, 0.2) is 6.29 Å². The number of rotatable bonds is 42. The highest BCUT2D eigenvalue weighted by Crippen LogP contribution is 2.23. The molecule has 61 heavy (non-hydrogen) atoms. The number of carbonyl (C=O) groups excluding carboxylic acids is 1. The zero-order valence-electron chi connectivity index (χ0n) is 39.0. The molecule has 8 unspecified atom stereocenters. The molecule has 0 aromatic carbocycles. The van der Waals surface area contributed by atoms with E-state index in [9.17, 15) is 35.4 Å². The summed E-state index contributed by atoms with van der Waals surface area (Å²) in [5.74, 6) is -0.629. The Kier molecular flexibility index (Phi) is 38.7. The van der Waals surface area contributed by atoms with Crippen molar-refractivity contribution in [2.45, 2.75) is 268 Å². The van der Waals surface area contributed by atoms with Crippen LogP contribution in [0.5, 0.6) is 0 Å². The number of carbonyl (C=O) groups is 1. The first kappa shape index (κ1) is 57.4. The number of hydrogen-bond donors (Lipinski definition) is 7. The van der Waals surface area contributed by atoms with E-state index in [1.807, 2.05) is 6.08 Å². The molecule has 1 saturated heterocycles. The average molecular weight is 866 g/mol. The van der Waals surface area contributed by atoms with Crippen LogP contribution in [0.1, 0.15) is 219 Å². The van der Waals surface area contributed by atoms with Gasteiger partial charge in [0.2, 0.25) is 5.91 Å². The van der Waals surface area contributed by atoms with Crippen LogP contribution in [0.25, 0.3) is 0 Å². The molecule has 1 heterocycles. The zero-order chi connectivity index (χ0) is 44.6. The molecule has 10 nitrogen and oxygen atoms in total. The summed E-state index contributed by atoms with van der Waals surface area (Å²) < 4.78 is 11.1. The number of aliphatic hydroxyl groups excluding tert-OH is 6. The summed E-state index contributed by atoms with van der Waals surface area (Å²) in [5, 5.41) is 64.7. The van der Waals surface area contributed by atoms with Gasteiger partial charge in [0.05, 0.1) is 25.4 Å². The van der Waals surface area contributed by atoms with E-state index in [4.69, 9.17) is 9.47 Å². The van der Waals surface area contributed by atoms with Crippen LogP contribution in [0.2, 0.25) is 0 Å².